The van der Waals surface area contributed by atoms with Gasteiger partial charge in [0.2, 0.25) is 0 Å². The van der Waals surface area contributed by atoms with Gasteiger partial charge < -0.3 is 20.3 Å². The van der Waals surface area contributed by atoms with Crippen molar-refractivity contribution in [1.29, 1.82) is 0 Å². The van der Waals surface area contributed by atoms with E-state index in [4.69, 9.17) is 4.74 Å². The summed E-state index contributed by atoms with van der Waals surface area (Å²) >= 11 is 0. The molecule has 2 rings (SSSR count). The van der Waals surface area contributed by atoms with Crippen molar-refractivity contribution < 1.29 is 9.53 Å². The van der Waals surface area contributed by atoms with Crippen LogP contribution in [0.25, 0.3) is 0 Å². The Morgan fingerprint density at radius 1 is 1.48 bits per heavy atom. The molecule has 1 aliphatic rings. The van der Waals surface area contributed by atoms with Crippen molar-refractivity contribution in [2.24, 2.45) is 0 Å². The highest BCUT2D eigenvalue weighted by Crippen LogP contribution is 2.28. The molecule has 1 amide bonds. The van der Waals surface area contributed by atoms with Crippen molar-refractivity contribution in [3.8, 4) is 5.75 Å². The zero-order chi connectivity index (χ0) is 15.2. The highest BCUT2D eigenvalue weighted by atomic mass is 16.5. The Kier molecular flexibility index (Phi) is 5.44. The summed E-state index contributed by atoms with van der Waals surface area (Å²) in [5.74, 6) is 0.688. The largest absolute Gasteiger partial charge is 0.477 e. The van der Waals surface area contributed by atoms with Gasteiger partial charge in [-0.3, -0.25) is 4.79 Å². The number of rotatable bonds is 6. The molecule has 1 aromatic rings. The number of amides is 1. The maximum atomic E-state index is 12.1. The van der Waals surface area contributed by atoms with E-state index in [1.165, 1.54) is 0 Å². The second-order valence-electron chi connectivity index (χ2n) is 5.70. The van der Waals surface area contributed by atoms with Crippen molar-refractivity contribution in [1.82, 2.24) is 10.2 Å². The molecule has 2 N–H and O–H groups in total. The van der Waals surface area contributed by atoms with Gasteiger partial charge >= 0.3 is 0 Å². The average molecular weight is 291 g/mol. The van der Waals surface area contributed by atoms with Gasteiger partial charge in [-0.25, -0.2) is 0 Å². The molecule has 0 spiro atoms. The van der Waals surface area contributed by atoms with Gasteiger partial charge in [0.1, 0.15) is 5.75 Å². The first-order chi connectivity index (χ1) is 10.1. The molecule has 1 aliphatic heterocycles. The summed E-state index contributed by atoms with van der Waals surface area (Å²) in [4.78, 5) is 14.4. The number of nitrogens with zero attached hydrogens (tertiary/aromatic N) is 1. The lowest BCUT2D eigenvalue weighted by Crippen LogP contribution is -2.45. The third-order valence-electron chi connectivity index (χ3n) is 3.80. The first kappa shape index (κ1) is 15.6. The van der Waals surface area contributed by atoms with Crippen LogP contribution >= 0.6 is 0 Å². The number of hydrogen-bond acceptors (Lipinski definition) is 4. The number of para-hydroxylation sites is 2. The van der Waals surface area contributed by atoms with Gasteiger partial charge in [-0.05, 0) is 46.0 Å². The molecule has 0 aromatic heterocycles. The van der Waals surface area contributed by atoms with Crippen LogP contribution < -0.4 is 15.4 Å². The summed E-state index contributed by atoms with van der Waals surface area (Å²) < 4.78 is 5.73. The Bertz CT molecular complexity index is 476. The quantitative estimate of drug-likeness (QED) is 0.784. The fourth-order valence-electron chi connectivity index (χ4n) is 2.17. The maximum Gasteiger partial charge on any atom is 0.262 e. The number of benzene rings is 1. The third-order valence-corrected chi connectivity index (χ3v) is 3.80. The summed E-state index contributed by atoms with van der Waals surface area (Å²) in [5.41, 5.74) is 0.945. The van der Waals surface area contributed by atoms with Crippen LogP contribution in [-0.2, 0) is 4.79 Å². The lowest BCUT2D eigenvalue weighted by molar-refractivity contribution is -0.127. The zero-order valence-electron chi connectivity index (χ0n) is 13.1. The van der Waals surface area contributed by atoms with Gasteiger partial charge in [0.15, 0.2) is 6.10 Å². The molecule has 1 atom stereocenters. The summed E-state index contributed by atoms with van der Waals surface area (Å²) in [7, 11) is 2.09. The summed E-state index contributed by atoms with van der Waals surface area (Å²) in [6, 6.07) is 8.21. The highest BCUT2D eigenvalue weighted by molar-refractivity contribution is 5.83. The Morgan fingerprint density at radius 3 is 3.00 bits per heavy atom. The Balaban J connectivity index is 1.73. The molecule has 0 aliphatic carbocycles. The van der Waals surface area contributed by atoms with Crippen LogP contribution in [0.3, 0.4) is 0 Å². The standard InChI is InChI=1S/C16H25N3O2/c1-12(2)19(3)10-6-9-17-16(20)15-11-18-13-7-4-5-8-14(13)21-15/h4-5,7-8,12,15,18H,6,9-11H2,1-3H3,(H,17,20). The fourth-order valence-corrected chi connectivity index (χ4v) is 2.17. The Morgan fingerprint density at radius 2 is 2.24 bits per heavy atom. The van der Waals surface area contributed by atoms with Gasteiger partial charge in [0.05, 0.1) is 12.2 Å². The smallest absolute Gasteiger partial charge is 0.262 e. The van der Waals surface area contributed by atoms with E-state index in [2.05, 4.69) is 36.4 Å². The molecule has 0 radical (unpaired) electrons. The van der Waals surface area contributed by atoms with E-state index in [0.717, 1.165) is 24.4 Å². The molecule has 0 bridgehead atoms. The molecular formula is C16H25N3O2. The second kappa shape index (κ2) is 7.31. The van der Waals surface area contributed by atoms with Crippen molar-refractivity contribution >= 4 is 11.6 Å². The predicted molar refractivity (Wildman–Crippen MR) is 84.7 cm³/mol. The third kappa shape index (κ3) is 4.36. The lowest BCUT2D eigenvalue weighted by atomic mass is 10.2. The predicted octanol–water partition coefficient (Wildman–Crippen LogP) is 1.71. The van der Waals surface area contributed by atoms with E-state index >= 15 is 0 Å². The van der Waals surface area contributed by atoms with E-state index in [9.17, 15) is 4.79 Å². The first-order valence-corrected chi connectivity index (χ1v) is 7.55. The van der Waals surface area contributed by atoms with Crippen molar-refractivity contribution in [2.75, 3.05) is 32.0 Å². The molecule has 5 nitrogen and oxygen atoms in total. The SMILES string of the molecule is CC(C)N(C)CCCNC(=O)C1CNc2ccccc2O1. The highest BCUT2D eigenvalue weighted by Gasteiger charge is 2.25. The Labute approximate surface area is 126 Å². The molecule has 5 heteroatoms. The van der Waals surface area contributed by atoms with E-state index < -0.39 is 6.10 Å². The molecule has 1 heterocycles. The van der Waals surface area contributed by atoms with Gasteiger partial charge in [-0.15, -0.1) is 0 Å². The van der Waals surface area contributed by atoms with Crippen LogP contribution in [0.4, 0.5) is 5.69 Å². The normalized spacial score (nSPS) is 17.1. The van der Waals surface area contributed by atoms with Crippen LogP contribution in [0.15, 0.2) is 24.3 Å². The van der Waals surface area contributed by atoms with Crippen LogP contribution in [0, 0.1) is 0 Å². The average Bonchev–Trinajstić information content (AvgIpc) is 2.50. The lowest BCUT2D eigenvalue weighted by Gasteiger charge is -2.26. The number of carbonyl (C=O) groups is 1. The van der Waals surface area contributed by atoms with Gasteiger partial charge in [0, 0.05) is 12.6 Å². The van der Waals surface area contributed by atoms with Gasteiger partial charge in [-0.1, -0.05) is 12.1 Å². The summed E-state index contributed by atoms with van der Waals surface area (Å²) in [5, 5.41) is 6.17. The minimum Gasteiger partial charge on any atom is -0.477 e. The monoisotopic (exact) mass is 291 g/mol. The fraction of sp³-hybridized carbons (Fsp3) is 0.562. The molecule has 0 fully saturated rings. The molecule has 21 heavy (non-hydrogen) atoms. The first-order valence-electron chi connectivity index (χ1n) is 7.55. The molecular weight excluding hydrogens is 266 g/mol. The number of fused-ring (bicyclic) bond motifs is 1. The number of ether oxygens (including phenoxy) is 1. The van der Waals surface area contributed by atoms with Gasteiger partial charge in [0.25, 0.3) is 5.91 Å². The maximum absolute atomic E-state index is 12.1. The molecule has 1 unspecified atom stereocenters. The van der Waals surface area contributed by atoms with Crippen LogP contribution in [-0.4, -0.2) is 49.6 Å². The second-order valence-corrected chi connectivity index (χ2v) is 5.70. The van der Waals surface area contributed by atoms with E-state index in [-0.39, 0.29) is 5.91 Å². The van der Waals surface area contributed by atoms with Crippen molar-refractivity contribution in [3.63, 3.8) is 0 Å². The number of carbonyl (C=O) groups excluding carboxylic acids is 1. The van der Waals surface area contributed by atoms with Crippen LogP contribution in [0.2, 0.25) is 0 Å². The molecule has 1 aromatic carbocycles. The van der Waals surface area contributed by atoms with Crippen LogP contribution in [0.1, 0.15) is 20.3 Å². The summed E-state index contributed by atoms with van der Waals surface area (Å²) in [6.07, 6.45) is 0.486. The Hall–Kier alpha value is -1.75. The molecule has 116 valence electrons. The topological polar surface area (TPSA) is 53.6 Å². The molecule has 0 saturated heterocycles. The molecule has 0 saturated carbocycles. The van der Waals surface area contributed by atoms with Crippen molar-refractivity contribution in [3.05, 3.63) is 24.3 Å². The number of anilines is 1. The minimum atomic E-state index is -0.456. The van der Waals surface area contributed by atoms with E-state index in [1.807, 2.05) is 24.3 Å². The minimum absolute atomic E-state index is 0.0517. The van der Waals surface area contributed by atoms with Gasteiger partial charge in [-0.2, -0.15) is 0 Å². The van der Waals surface area contributed by atoms with E-state index in [1.54, 1.807) is 0 Å². The summed E-state index contributed by atoms with van der Waals surface area (Å²) in [6.45, 7) is 6.49. The van der Waals surface area contributed by atoms with E-state index in [0.29, 0.717) is 19.1 Å². The van der Waals surface area contributed by atoms with Crippen LogP contribution in [0.5, 0.6) is 5.75 Å². The zero-order valence-corrected chi connectivity index (χ0v) is 13.1. The van der Waals surface area contributed by atoms with Crippen molar-refractivity contribution in [2.45, 2.75) is 32.4 Å². The number of hydrogen-bond donors (Lipinski definition) is 2. The number of nitrogens with one attached hydrogen (secondary N) is 2.